The molecule has 0 radical (unpaired) electrons. The van der Waals surface area contributed by atoms with Crippen LogP contribution >= 0.6 is 0 Å². The second-order valence-corrected chi connectivity index (χ2v) is 2.05. The number of nitrogens with zero attached hydrogens (tertiary/aromatic N) is 2. The Labute approximate surface area is 69.4 Å². The summed E-state index contributed by atoms with van der Waals surface area (Å²) in [7, 11) is 1.43. The molecule has 0 aliphatic heterocycles. The maximum absolute atomic E-state index is 10.3. The molecule has 60 valence electrons. The first-order valence-electron chi connectivity index (χ1n) is 3.21. The minimum Gasteiger partial charge on any atom is -0.481 e. The molecule has 12 heavy (non-hydrogen) atoms. The Morgan fingerprint density at radius 2 is 2.42 bits per heavy atom. The van der Waals surface area contributed by atoms with Gasteiger partial charge >= 0.3 is 0 Å². The number of hydrogen-bond donors (Lipinski definition) is 0. The SMILES string of the molecule is COc1cc(C#N)cc(C=O)n1. The highest BCUT2D eigenvalue weighted by Crippen LogP contribution is 2.09. The zero-order valence-corrected chi connectivity index (χ0v) is 6.44. The van der Waals surface area contributed by atoms with E-state index in [1.54, 1.807) is 0 Å². The van der Waals surface area contributed by atoms with Crippen molar-refractivity contribution in [3.63, 3.8) is 0 Å². The summed E-state index contributed by atoms with van der Waals surface area (Å²) in [5, 5.41) is 8.53. The summed E-state index contributed by atoms with van der Waals surface area (Å²) in [5.41, 5.74) is 0.565. The van der Waals surface area contributed by atoms with Crippen molar-refractivity contribution in [1.29, 1.82) is 5.26 Å². The van der Waals surface area contributed by atoms with E-state index in [-0.39, 0.29) is 11.6 Å². The number of hydrogen-bond acceptors (Lipinski definition) is 4. The molecule has 0 unspecified atom stereocenters. The van der Waals surface area contributed by atoms with Gasteiger partial charge in [-0.2, -0.15) is 5.26 Å². The van der Waals surface area contributed by atoms with E-state index in [2.05, 4.69) is 4.98 Å². The largest absolute Gasteiger partial charge is 0.481 e. The molecule has 0 bridgehead atoms. The summed E-state index contributed by atoms with van der Waals surface area (Å²) in [6, 6.07) is 4.76. The van der Waals surface area contributed by atoms with Crippen LogP contribution < -0.4 is 4.74 Å². The van der Waals surface area contributed by atoms with E-state index in [9.17, 15) is 4.79 Å². The third kappa shape index (κ3) is 1.58. The van der Waals surface area contributed by atoms with Gasteiger partial charge in [-0.25, -0.2) is 4.98 Å². The monoisotopic (exact) mass is 162 g/mol. The molecule has 0 aromatic carbocycles. The normalized spacial score (nSPS) is 8.67. The maximum Gasteiger partial charge on any atom is 0.214 e. The topological polar surface area (TPSA) is 63.0 Å². The molecule has 0 aliphatic carbocycles. The Hall–Kier alpha value is -1.89. The molecule has 4 heteroatoms. The van der Waals surface area contributed by atoms with Crippen LogP contribution in [0.15, 0.2) is 12.1 Å². The van der Waals surface area contributed by atoms with Crippen molar-refractivity contribution in [2.45, 2.75) is 0 Å². The van der Waals surface area contributed by atoms with E-state index in [1.807, 2.05) is 6.07 Å². The molecule has 1 rings (SSSR count). The second-order valence-electron chi connectivity index (χ2n) is 2.05. The summed E-state index contributed by atoms with van der Waals surface area (Å²) in [5.74, 6) is 0.274. The quantitative estimate of drug-likeness (QED) is 0.602. The highest BCUT2D eigenvalue weighted by molar-refractivity contribution is 5.72. The predicted molar refractivity (Wildman–Crippen MR) is 40.9 cm³/mol. The summed E-state index contributed by atoms with van der Waals surface area (Å²) in [6.07, 6.45) is 0.573. The number of nitriles is 1. The van der Waals surface area contributed by atoms with Crippen LogP contribution in [0.4, 0.5) is 0 Å². The Balaban J connectivity index is 3.21. The molecule has 1 aromatic rings. The van der Waals surface area contributed by atoms with E-state index < -0.39 is 0 Å². The van der Waals surface area contributed by atoms with Gasteiger partial charge in [-0.05, 0) is 6.07 Å². The fourth-order valence-electron chi connectivity index (χ4n) is 0.755. The summed E-state index contributed by atoms with van der Waals surface area (Å²) >= 11 is 0. The number of methoxy groups -OCH3 is 1. The van der Waals surface area contributed by atoms with Gasteiger partial charge in [0.05, 0.1) is 18.7 Å². The third-order valence-electron chi connectivity index (χ3n) is 1.28. The van der Waals surface area contributed by atoms with Crippen LogP contribution in [0.1, 0.15) is 16.1 Å². The number of carbonyl (C=O) groups is 1. The van der Waals surface area contributed by atoms with Gasteiger partial charge in [0.15, 0.2) is 6.29 Å². The summed E-state index contributed by atoms with van der Waals surface area (Å²) in [6.45, 7) is 0. The van der Waals surface area contributed by atoms with E-state index >= 15 is 0 Å². The number of carbonyl (C=O) groups excluding carboxylic acids is 1. The highest BCUT2D eigenvalue weighted by atomic mass is 16.5. The van der Waals surface area contributed by atoms with Crippen LogP contribution in [-0.2, 0) is 0 Å². The number of pyridine rings is 1. The van der Waals surface area contributed by atoms with Gasteiger partial charge < -0.3 is 4.74 Å². The van der Waals surface area contributed by atoms with Crippen LogP contribution in [0, 0.1) is 11.3 Å². The van der Waals surface area contributed by atoms with Crippen LogP contribution in [0.25, 0.3) is 0 Å². The fourth-order valence-corrected chi connectivity index (χ4v) is 0.755. The summed E-state index contributed by atoms with van der Waals surface area (Å²) < 4.78 is 4.78. The van der Waals surface area contributed by atoms with Gasteiger partial charge in [0.1, 0.15) is 5.69 Å². The minimum atomic E-state index is 0.200. The lowest BCUT2D eigenvalue weighted by Gasteiger charge is -1.98. The molecular weight excluding hydrogens is 156 g/mol. The van der Waals surface area contributed by atoms with Crippen molar-refractivity contribution in [3.8, 4) is 11.9 Å². The first kappa shape index (κ1) is 8.21. The third-order valence-corrected chi connectivity index (χ3v) is 1.28. The van der Waals surface area contributed by atoms with Gasteiger partial charge in [-0.15, -0.1) is 0 Å². The van der Waals surface area contributed by atoms with Gasteiger partial charge in [-0.3, -0.25) is 4.79 Å². The molecule has 0 aliphatic rings. The number of rotatable bonds is 2. The van der Waals surface area contributed by atoms with Crippen molar-refractivity contribution in [3.05, 3.63) is 23.4 Å². The fraction of sp³-hybridized carbons (Fsp3) is 0.125. The number of aldehydes is 1. The first-order chi connectivity index (χ1) is 5.80. The van der Waals surface area contributed by atoms with Crippen molar-refractivity contribution in [1.82, 2.24) is 4.98 Å². The van der Waals surface area contributed by atoms with E-state index in [1.165, 1.54) is 19.2 Å². The molecule has 0 saturated carbocycles. The molecule has 0 amide bonds. The maximum atomic E-state index is 10.3. The first-order valence-corrected chi connectivity index (χ1v) is 3.21. The molecule has 0 saturated heterocycles. The molecule has 0 N–H and O–H groups in total. The van der Waals surface area contributed by atoms with Crippen molar-refractivity contribution < 1.29 is 9.53 Å². The lowest BCUT2D eigenvalue weighted by molar-refractivity contribution is 0.111. The predicted octanol–water partition coefficient (Wildman–Crippen LogP) is 0.774. The second kappa shape index (κ2) is 3.49. The lowest BCUT2D eigenvalue weighted by Crippen LogP contribution is -1.93. The van der Waals surface area contributed by atoms with Crippen molar-refractivity contribution in [2.24, 2.45) is 0 Å². The van der Waals surface area contributed by atoms with Gasteiger partial charge in [0.25, 0.3) is 0 Å². The van der Waals surface area contributed by atoms with Gasteiger partial charge in [0, 0.05) is 6.07 Å². The minimum absolute atomic E-state index is 0.200. The molecule has 0 fully saturated rings. The standard InChI is InChI=1S/C8H6N2O2/c1-12-8-3-6(4-9)2-7(5-11)10-8/h2-3,5H,1H3. The molecular formula is C8H6N2O2. The molecule has 0 spiro atoms. The van der Waals surface area contributed by atoms with Crippen LogP contribution in [0.5, 0.6) is 5.88 Å². The van der Waals surface area contributed by atoms with Crippen LogP contribution in [0.2, 0.25) is 0 Å². The average molecular weight is 162 g/mol. The van der Waals surface area contributed by atoms with E-state index in [0.717, 1.165) is 0 Å². The molecule has 4 nitrogen and oxygen atoms in total. The number of ether oxygens (including phenoxy) is 1. The van der Waals surface area contributed by atoms with Gasteiger partial charge in [-0.1, -0.05) is 0 Å². The zero-order chi connectivity index (χ0) is 8.97. The molecule has 1 heterocycles. The van der Waals surface area contributed by atoms with Gasteiger partial charge in [0.2, 0.25) is 5.88 Å². The van der Waals surface area contributed by atoms with Crippen molar-refractivity contribution >= 4 is 6.29 Å². The molecule has 1 aromatic heterocycles. The average Bonchev–Trinajstić information content (AvgIpc) is 2.16. The van der Waals surface area contributed by atoms with E-state index in [4.69, 9.17) is 10.00 Å². The zero-order valence-electron chi connectivity index (χ0n) is 6.44. The Morgan fingerprint density at radius 1 is 1.67 bits per heavy atom. The van der Waals surface area contributed by atoms with Crippen LogP contribution in [0.3, 0.4) is 0 Å². The smallest absolute Gasteiger partial charge is 0.214 e. The number of aromatic nitrogens is 1. The van der Waals surface area contributed by atoms with E-state index in [0.29, 0.717) is 11.8 Å². The Bertz CT molecular complexity index is 341. The lowest BCUT2D eigenvalue weighted by atomic mass is 10.2. The summed E-state index contributed by atoms with van der Waals surface area (Å²) in [4.78, 5) is 14.1. The highest BCUT2D eigenvalue weighted by Gasteiger charge is 2.00. The van der Waals surface area contributed by atoms with Crippen LogP contribution in [-0.4, -0.2) is 18.4 Å². The van der Waals surface area contributed by atoms with Crippen molar-refractivity contribution in [2.75, 3.05) is 7.11 Å². The Kier molecular flexibility index (Phi) is 2.38. The molecule has 0 atom stereocenters. The Morgan fingerprint density at radius 3 is 2.92 bits per heavy atom.